The quantitative estimate of drug-likeness (QED) is 0.346. The summed E-state index contributed by atoms with van der Waals surface area (Å²) in [5.74, 6) is 5.94. The van der Waals surface area contributed by atoms with Crippen LogP contribution < -0.4 is 16.6 Å². The number of aliphatic imine (C=N–C) groups is 1. The molecular weight excluding hydrogens is 292 g/mol. The second-order valence-corrected chi connectivity index (χ2v) is 4.49. The lowest BCUT2D eigenvalue weighted by molar-refractivity contribution is 1.02. The fourth-order valence-electron chi connectivity index (χ4n) is 1.43. The number of hydrazine groups is 1. The second kappa shape index (κ2) is 6.18. The molecular formula is C13H13BrN4. The first-order valence-electron chi connectivity index (χ1n) is 5.41. The van der Waals surface area contributed by atoms with Gasteiger partial charge in [-0.2, -0.15) is 0 Å². The van der Waals surface area contributed by atoms with Crippen molar-refractivity contribution < 1.29 is 0 Å². The Kier molecular flexibility index (Phi) is 4.33. The fraction of sp³-hybridized carbons (Fsp3) is 0. The van der Waals surface area contributed by atoms with Crippen molar-refractivity contribution in [2.24, 2.45) is 10.8 Å². The number of hydrogen-bond donors (Lipinski definition) is 3. The van der Waals surface area contributed by atoms with Gasteiger partial charge in [-0.3, -0.25) is 5.43 Å². The third-order valence-corrected chi connectivity index (χ3v) is 2.71. The maximum absolute atomic E-state index is 5.45. The van der Waals surface area contributed by atoms with Gasteiger partial charge in [0, 0.05) is 10.2 Å². The van der Waals surface area contributed by atoms with Crippen molar-refractivity contribution in [1.29, 1.82) is 0 Å². The molecule has 0 amide bonds. The van der Waals surface area contributed by atoms with E-state index >= 15 is 0 Å². The normalized spacial score (nSPS) is 11.1. The highest BCUT2D eigenvalue weighted by Gasteiger charge is 1.99. The number of nitrogens with zero attached hydrogens (tertiary/aromatic N) is 1. The number of anilines is 1. The van der Waals surface area contributed by atoms with Gasteiger partial charge in [-0.1, -0.05) is 40.2 Å². The molecule has 2 aromatic rings. The summed E-state index contributed by atoms with van der Waals surface area (Å²) in [6.07, 6.45) is 0. The van der Waals surface area contributed by atoms with Crippen LogP contribution >= 0.6 is 15.9 Å². The minimum atomic E-state index is 0.485. The van der Waals surface area contributed by atoms with Crippen molar-refractivity contribution in [2.45, 2.75) is 0 Å². The number of guanidine groups is 1. The average molecular weight is 305 g/mol. The SMILES string of the molecule is NNC(=Nc1ccccc1)Nc1cccc(Br)c1. The minimum Gasteiger partial charge on any atom is -0.325 e. The van der Waals surface area contributed by atoms with E-state index in [1.165, 1.54) is 0 Å². The molecule has 4 nitrogen and oxygen atoms in total. The molecule has 0 aliphatic rings. The Morgan fingerprint density at radius 2 is 1.83 bits per heavy atom. The van der Waals surface area contributed by atoms with Crippen molar-refractivity contribution in [3.05, 3.63) is 59.1 Å². The van der Waals surface area contributed by atoms with E-state index in [2.05, 4.69) is 31.7 Å². The molecule has 5 heteroatoms. The molecule has 0 unspecified atom stereocenters. The van der Waals surface area contributed by atoms with Gasteiger partial charge >= 0.3 is 0 Å². The monoisotopic (exact) mass is 304 g/mol. The predicted octanol–water partition coefficient (Wildman–Crippen LogP) is 3.01. The van der Waals surface area contributed by atoms with Crippen LogP contribution in [0.5, 0.6) is 0 Å². The molecule has 4 N–H and O–H groups in total. The third kappa shape index (κ3) is 3.58. The van der Waals surface area contributed by atoms with Gasteiger partial charge in [0.15, 0.2) is 0 Å². The summed E-state index contributed by atoms with van der Waals surface area (Å²) in [5, 5.41) is 3.10. The van der Waals surface area contributed by atoms with Crippen LogP contribution in [-0.4, -0.2) is 5.96 Å². The molecule has 0 aromatic heterocycles. The standard InChI is InChI=1S/C13H13BrN4/c14-10-5-4-8-12(9-10)17-13(18-15)16-11-6-2-1-3-7-11/h1-9H,15H2,(H2,16,17,18). The average Bonchev–Trinajstić information content (AvgIpc) is 2.39. The van der Waals surface area contributed by atoms with Gasteiger partial charge in [-0.15, -0.1) is 0 Å². The summed E-state index contributed by atoms with van der Waals surface area (Å²) in [5.41, 5.74) is 4.27. The van der Waals surface area contributed by atoms with Gasteiger partial charge in [0.05, 0.1) is 5.69 Å². The zero-order chi connectivity index (χ0) is 12.8. The zero-order valence-corrected chi connectivity index (χ0v) is 11.2. The maximum Gasteiger partial charge on any atom is 0.215 e. The van der Waals surface area contributed by atoms with Gasteiger partial charge in [0.2, 0.25) is 5.96 Å². The molecule has 0 radical (unpaired) electrons. The van der Waals surface area contributed by atoms with E-state index in [0.29, 0.717) is 5.96 Å². The third-order valence-electron chi connectivity index (χ3n) is 2.22. The van der Waals surface area contributed by atoms with E-state index in [4.69, 9.17) is 5.84 Å². The predicted molar refractivity (Wildman–Crippen MR) is 78.6 cm³/mol. The molecule has 2 aromatic carbocycles. The van der Waals surface area contributed by atoms with Crippen LogP contribution in [0.15, 0.2) is 64.1 Å². The topological polar surface area (TPSA) is 62.4 Å². The molecule has 2 rings (SSSR count). The van der Waals surface area contributed by atoms with Crippen LogP contribution in [0.25, 0.3) is 0 Å². The Morgan fingerprint density at radius 3 is 2.50 bits per heavy atom. The first-order valence-corrected chi connectivity index (χ1v) is 6.20. The molecule has 0 saturated carbocycles. The van der Waals surface area contributed by atoms with Gasteiger partial charge in [0.25, 0.3) is 0 Å². The van der Waals surface area contributed by atoms with E-state index in [0.717, 1.165) is 15.8 Å². The van der Waals surface area contributed by atoms with Crippen LogP contribution in [0.1, 0.15) is 0 Å². The Hall–Kier alpha value is -1.85. The fourth-order valence-corrected chi connectivity index (χ4v) is 1.83. The van der Waals surface area contributed by atoms with E-state index in [9.17, 15) is 0 Å². The molecule has 0 saturated heterocycles. The number of nitrogens with one attached hydrogen (secondary N) is 2. The first-order chi connectivity index (χ1) is 8.78. The van der Waals surface area contributed by atoms with Crippen LogP contribution in [0.4, 0.5) is 11.4 Å². The second-order valence-electron chi connectivity index (χ2n) is 3.58. The highest BCUT2D eigenvalue weighted by molar-refractivity contribution is 9.10. The van der Waals surface area contributed by atoms with Crippen molar-refractivity contribution >= 4 is 33.3 Å². The molecule has 0 aliphatic heterocycles. The van der Waals surface area contributed by atoms with Gasteiger partial charge < -0.3 is 5.32 Å². The van der Waals surface area contributed by atoms with Crippen molar-refractivity contribution in [2.75, 3.05) is 5.32 Å². The minimum absolute atomic E-state index is 0.485. The molecule has 0 fully saturated rings. The van der Waals surface area contributed by atoms with Crippen LogP contribution in [0.2, 0.25) is 0 Å². The van der Waals surface area contributed by atoms with Crippen molar-refractivity contribution in [3.8, 4) is 0 Å². The summed E-state index contributed by atoms with van der Waals surface area (Å²) in [6, 6.07) is 17.4. The summed E-state index contributed by atoms with van der Waals surface area (Å²) >= 11 is 3.41. The summed E-state index contributed by atoms with van der Waals surface area (Å²) in [7, 11) is 0. The summed E-state index contributed by atoms with van der Waals surface area (Å²) in [6.45, 7) is 0. The molecule has 92 valence electrons. The van der Waals surface area contributed by atoms with Crippen LogP contribution in [0.3, 0.4) is 0 Å². The number of hydrogen-bond acceptors (Lipinski definition) is 2. The lowest BCUT2D eigenvalue weighted by atomic mass is 10.3. The van der Waals surface area contributed by atoms with Gasteiger partial charge in [-0.05, 0) is 30.3 Å². The Bertz CT molecular complexity index is 540. The largest absolute Gasteiger partial charge is 0.325 e. The molecule has 0 atom stereocenters. The van der Waals surface area contributed by atoms with Gasteiger partial charge in [-0.25, -0.2) is 10.8 Å². The summed E-state index contributed by atoms with van der Waals surface area (Å²) in [4.78, 5) is 4.36. The van der Waals surface area contributed by atoms with E-state index in [1.807, 2.05) is 54.6 Å². The van der Waals surface area contributed by atoms with Crippen LogP contribution in [0, 0.1) is 0 Å². The molecule has 0 bridgehead atoms. The number of benzene rings is 2. The lowest BCUT2D eigenvalue weighted by Crippen LogP contribution is -2.35. The van der Waals surface area contributed by atoms with E-state index in [1.54, 1.807) is 0 Å². The Morgan fingerprint density at radius 1 is 1.06 bits per heavy atom. The smallest absolute Gasteiger partial charge is 0.215 e. The zero-order valence-electron chi connectivity index (χ0n) is 9.60. The molecule has 18 heavy (non-hydrogen) atoms. The first kappa shape index (κ1) is 12.6. The molecule has 0 spiro atoms. The summed E-state index contributed by atoms with van der Waals surface area (Å²) < 4.78 is 0.989. The van der Waals surface area contributed by atoms with Crippen molar-refractivity contribution in [1.82, 2.24) is 5.43 Å². The highest BCUT2D eigenvalue weighted by Crippen LogP contribution is 2.16. The van der Waals surface area contributed by atoms with E-state index in [-0.39, 0.29) is 0 Å². The van der Waals surface area contributed by atoms with Crippen molar-refractivity contribution in [3.63, 3.8) is 0 Å². The maximum atomic E-state index is 5.45. The Balaban J connectivity index is 2.17. The van der Waals surface area contributed by atoms with E-state index < -0.39 is 0 Å². The number of rotatable bonds is 2. The molecule has 0 heterocycles. The number of halogens is 1. The Labute approximate surface area is 114 Å². The van der Waals surface area contributed by atoms with Crippen LogP contribution in [-0.2, 0) is 0 Å². The number of para-hydroxylation sites is 1. The number of nitrogens with two attached hydrogens (primary N) is 1. The molecule has 0 aliphatic carbocycles. The van der Waals surface area contributed by atoms with Gasteiger partial charge in [0.1, 0.15) is 0 Å². The highest BCUT2D eigenvalue weighted by atomic mass is 79.9. The lowest BCUT2D eigenvalue weighted by Gasteiger charge is -2.09.